The van der Waals surface area contributed by atoms with Gasteiger partial charge in [0.25, 0.3) is 0 Å². The van der Waals surface area contributed by atoms with Crippen molar-refractivity contribution in [3.63, 3.8) is 0 Å². The molecule has 1 fully saturated rings. The standard InChI is InChI=1S/C12H17F3N2O/c1-8-7-10(18-9(8)2)11(12(13,14)15)17-5-3-16-4-6-17/h7,11,16H,3-6H2,1-2H3/t11-/m0/s1. The molecule has 1 aliphatic rings. The van der Waals surface area contributed by atoms with Crippen LogP contribution in [-0.4, -0.2) is 37.3 Å². The highest BCUT2D eigenvalue weighted by Gasteiger charge is 2.47. The number of halogens is 3. The fourth-order valence-electron chi connectivity index (χ4n) is 2.23. The molecule has 2 rings (SSSR count). The zero-order valence-electron chi connectivity index (χ0n) is 10.5. The summed E-state index contributed by atoms with van der Waals surface area (Å²) >= 11 is 0. The first kappa shape index (κ1) is 13.4. The maximum absolute atomic E-state index is 13.2. The number of hydrogen-bond acceptors (Lipinski definition) is 3. The largest absolute Gasteiger partial charge is 0.464 e. The van der Waals surface area contributed by atoms with Crippen LogP contribution in [0.1, 0.15) is 23.1 Å². The normalized spacial score (nSPS) is 20.1. The Bertz CT molecular complexity index is 388. The van der Waals surface area contributed by atoms with E-state index >= 15 is 0 Å². The first-order valence-electron chi connectivity index (χ1n) is 5.98. The van der Waals surface area contributed by atoms with Gasteiger partial charge >= 0.3 is 6.18 Å². The van der Waals surface area contributed by atoms with Gasteiger partial charge < -0.3 is 9.73 Å². The predicted molar refractivity (Wildman–Crippen MR) is 61.4 cm³/mol. The molecule has 0 spiro atoms. The summed E-state index contributed by atoms with van der Waals surface area (Å²) in [6.07, 6.45) is -4.31. The van der Waals surface area contributed by atoms with Crippen molar-refractivity contribution in [3.05, 3.63) is 23.2 Å². The van der Waals surface area contributed by atoms with E-state index in [0.29, 0.717) is 31.9 Å². The van der Waals surface area contributed by atoms with Gasteiger partial charge in [0, 0.05) is 26.2 Å². The Kier molecular flexibility index (Phi) is 3.68. The van der Waals surface area contributed by atoms with Crippen LogP contribution < -0.4 is 5.32 Å². The third-order valence-corrected chi connectivity index (χ3v) is 3.28. The van der Waals surface area contributed by atoms with Crippen LogP contribution in [0, 0.1) is 13.8 Å². The molecule has 1 aromatic rings. The summed E-state index contributed by atoms with van der Waals surface area (Å²) in [5.41, 5.74) is 0.759. The summed E-state index contributed by atoms with van der Waals surface area (Å²) in [6.45, 7) is 5.35. The summed E-state index contributed by atoms with van der Waals surface area (Å²) in [4.78, 5) is 1.42. The molecule has 1 saturated heterocycles. The van der Waals surface area contributed by atoms with Crippen molar-refractivity contribution in [2.75, 3.05) is 26.2 Å². The van der Waals surface area contributed by atoms with Gasteiger partial charge in [-0.1, -0.05) is 0 Å². The molecule has 1 aliphatic heterocycles. The zero-order valence-corrected chi connectivity index (χ0v) is 10.5. The molecule has 102 valence electrons. The highest BCUT2D eigenvalue weighted by atomic mass is 19.4. The molecule has 0 saturated carbocycles. The Labute approximate surface area is 104 Å². The minimum Gasteiger partial charge on any atom is -0.464 e. The van der Waals surface area contributed by atoms with Crippen molar-refractivity contribution in [1.29, 1.82) is 0 Å². The SMILES string of the molecule is Cc1cc([C@H](N2CCNCC2)C(F)(F)F)oc1C. The molecular formula is C12H17F3N2O. The number of furan rings is 1. The molecular weight excluding hydrogens is 245 g/mol. The van der Waals surface area contributed by atoms with Crippen LogP contribution in [0.2, 0.25) is 0 Å². The Morgan fingerprint density at radius 2 is 1.89 bits per heavy atom. The number of piperazine rings is 1. The van der Waals surface area contributed by atoms with E-state index in [4.69, 9.17) is 4.42 Å². The zero-order chi connectivity index (χ0) is 13.3. The maximum Gasteiger partial charge on any atom is 0.411 e. The smallest absolute Gasteiger partial charge is 0.411 e. The third kappa shape index (κ3) is 2.70. The molecule has 18 heavy (non-hydrogen) atoms. The van der Waals surface area contributed by atoms with Crippen molar-refractivity contribution >= 4 is 0 Å². The van der Waals surface area contributed by atoms with Crippen LogP contribution >= 0.6 is 0 Å². The molecule has 2 heterocycles. The Morgan fingerprint density at radius 3 is 2.33 bits per heavy atom. The topological polar surface area (TPSA) is 28.4 Å². The van der Waals surface area contributed by atoms with Crippen LogP contribution in [0.3, 0.4) is 0 Å². The number of nitrogens with one attached hydrogen (secondary N) is 1. The van der Waals surface area contributed by atoms with Gasteiger partial charge in [0.1, 0.15) is 11.5 Å². The number of aryl methyl sites for hydroxylation is 2. The van der Waals surface area contributed by atoms with Crippen molar-refractivity contribution in [3.8, 4) is 0 Å². The van der Waals surface area contributed by atoms with Gasteiger partial charge in [0.2, 0.25) is 0 Å². The molecule has 0 aliphatic carbocycles. The second kappa shape index (κ2) is 4.93. The lowest BCUT2D eigenvalue weighted by molar-refractivity contribution is -0.192. The average Bonchev–Trinajstić information content (AvgIpc) is 2.58. The van der Waals surface area contributed by atoms with Gasteiger partial charge in [-0.05, 0) is 25.5 Å². The summed E-state index contributed by atoms with van der Waals surface area (Å²) in [7, 11) is 0. The van der Waals surface area contributed by atoms with Crippen LogP contribution in [-0.2, 0) is 0 Å². The van der Waals surface area contributed by atoms with E-state index in [0.717, 1.165) is 5.56 Å². The molecule has 1 aromatic heterocycles. The molecule has 1 atom stereocenters. The van der Waals surface area contributed by atoms with E-state index in [1.165, 1.54) is 11.0 Å². The maximum atomic E-state index is 13.2. The highest BCUT2D eigenvalue weighted by molar-refractivity contribution is 5.22. The Balaban J connectivity index is 2.30. The van der Waals surface area contributed by atoms with Gasteiger partial charge in [-0.15, -0.1) is 0 Å². The first-order chi connectivity index (χ1) is 8.39. The van der Waals surface area contributed by atoms with Gasteiger partial charge in [-0.2, -0.15) is 13.2 Å². The fourth-order valence-corrected chi connectivity index (χ4v) is 2.23. The molecule has 0 aromatic carbocycles. The summed E-state index contributed by atoms with van der Waals surface area (Å²) < 4.78 is 44.9. The lowest BCUT2D eigenvalue weighted by Crippen LogP contribution is -2.48. The fraction of sp³-hybridized carbons (Fsp3) is 0.667. The average molecular weight is 262 g/mol. The van der Waals surface area contributed by atoms with E-state index in [1.54, 1.807) is 13.8 Å². The quantitative estimate of drug-likeness (QED) is 0.887. The minimum absolute atomic E-state index is 0.000556. The molecule has 6 heteroatoms. The first-order valence-corrected chi connectivity index (χ1v) is 5.98. The predicted octanol–water partition coefficient (Wildman–Crippen LogP) is 2.41. The Morgan fingerprint density at radius 1 is 1.28 bits per heavy atom. The van der Waals surface area contributed by atoms with E-state index in [1.807, 2.05) is 0 Å². The summed E-state index contributed by atoms with van der Waals surface area (Å²) in [5, 5.41) is 3.05. The lowest BCUT2D eigenvalue weighted by atomic mass is 10.1. The second-order valence-corrected chi connectivity index (χ2v) is 4.62. The number of hydrogen-bond donors (Lipinski definition) is 1. The van der Waals surface area contributed by atoms with Crippen molar-refractivity contribution in [1.82, 2.24) is 10.2 Å². The molecule has 0 bridgehead atoms. The summed E-state index contributed by atoms with van der Waals surface area (Å²) in [6, 6.07) is -0.137. The van der Waals surface area contributed by atoms with Gasteiger partial charge in [-0.3, -0.25) is 4.90 Å². The van der Waals surface area contributed by atoms with Crippen LogP contribution in [0.15, 0.2) is 10.5 Å². The number of alkyl halides is 3. The van der Waals surface area contributed by atoms with Crippen molar-refractivity contribution in [2.45, 2.75) is 26.1 Å². The van der Waals surface area contributed by atoms with Gasteiger partial charge in [0.05, 0.1) is 0 Å². The molecule has 0 unspecified atom stereocenters. The van der Waals surface area contributed by atoms with E-state index in [-0.39, 0.29) is 5.76 Å². The van der Waals surface area contributed by atoms with E-state index in [2.05, 4.69) is 5.32 Å². The van der Waals surface area contributed by atoms with Crippen molar-refractivity contribution in [2.24, 2.45) is 0 Å². The van der Waals surface area contributed by atoms with Gasteiger partial charge in [-0.25, -0.2) is 0 Å². The van der Waals surface area contributed by atoms with Crippen LogP contribution in [0.25, 0.3) is 0 Å². The molecule has 0 amide bonds. The van der Waals surface area contributed by atoms with Crippen LogP contribution in [0.5, 0.6) is 0 Å². The van der Waals surface area contributed by atoms with Crippen molar-refractivity contribution < 1.29 is 17.6 Å². The lowest BCUT2D eigenvalue weighted by Gasteiger charge is -2.34. The highest BCUT2D eigenvalue weighted by Crippen LogP contribution is 2.39. The number of nitrogens with zero attached hydrogens (tertiary/aromatic N) is 1. The van der Waals surface area contributed by atoms with E-state index in [9.17, 15) is 13.2 Å². The van der Waals surface area contributed by atoms with Gasteiger partial charge in [0.15, 0.2) is 6.04 Å². The molecule has 3 nitrogen and oxygen atoms in total. The van der Waals surface area contributed by atoms with E-state index < -0.39 is 12.2 Å². The second-order valence-electron chi connectivity index (χ2n) is 4.62. The molecule has 0 radical (unpaired) electrons. The minimum atomic E-state index is -4.31. The number of rotatable bonds is 2. The summed E-state index contributed by atoms with van der Waals surface area (Å²) in [5.74, 6) is 0.550. The third-order valence-electron chi connectivity index (χ3n) is 3.28. The monoisotopic (exact) mass is 262 g/mol. The van der Waals surface area contributed by atoms with Crippen LogP contribution in [0.4, 0.5) is 13.2 Å². The molecule has 1 N–H and O–H groups in total. The Hall–Kier alpha value is -1.01.